The average Bonchev–Trinajstić information content (AvgIpc) is 2.55. The molecule has 6 nitrogen and oxygen atoms in total. The number of carbonyl (C=O) groups excluding carboxylic acids is 3. The molecule has 2 aliphatic rings. The Morgan fingerprint density at radius 3 is 2.30 bits per heavy atom. The molecule has 0 N–H and O–H groups in total. The van der Waals surface area contributed by atoms with Crippen LogP contribution in [-0.2, 0) is 9.59 Å². The van der Waals surface area contributed by atoms with Crippen molar-refractivity contribution in [2.75, 3.05) is 14.1 Å². The molecular weight excluding hydrogens is 296 g/mol. The minimum absolute atomic E-state index is 0.0457. The number of rotatable bonds is 1. The van der Waals surface area contributed by atoms with Crippen molar-refractivity contribution in [3.8, 4) is 5.75 Å². The fraction of sp³-hybridized carbons (Fsp3) is 0.235. The molecule has 1 fully saturated rings. The zero-order valence-electron chi connectivity index (χ0n) is 13.1. The number of hydrogen-bond donors (Lipinski definition) is 0. The number of para-hydroxylation sites is 1. The molecule has 1 unspecified atom stereocenters. The first kappa shape index (κ1) is 15.0. The Kier molecular flexibility index (Phi) is 3.52. The Morgan fingerprint density at radius 1 is 1.04 bits per heavy atom. The van der Waals surface area contributed by atoms with Gasteiger partial charge in [0.05, 0.1) is 0 Å². The van der Waals surface area contributed by atoms with Crippen LogP contribution in [0.5, 0.6) is 5.75 Å². The van der Waals surface area contributed by atoms with Crippen LogP contribution in [0, 0.1) is 0 Å². The highest BCUT2D eigenvalue weighted by atomic mass is 16.5. The van der Waals surface area contributed by atoms with Gasteiger partial charge < -0.3 is 4.74 Å². The minimum Gasteiger partial charge on any atom is -0.485 e. The summed E-state index contributed by atoms with van der Waals surface area (Å²) in [5.74, 6) is -0.456. The SMILES string of the molecule is CC1Oc2ccccc2C=C1C=C1C(=O)N(C)C(=O)N(C)C1=O. The highest BCUT2D eigenvalue weighted by molar-refractivity contribution is 6.28. The summed E-state index contributed by atoms with van der Waals surface area (Å²) in [4.78, 5) is 38.1. The maximum Gasteiger partial charge on any atom is 0.333 e. The minimum atomic E-state index is -0.635. The number of ether oxygens (including phenoxy) is 1. The van der Waals surface area contributed by atoms with Gasteiger partial charge in [-0.1, -0.05) is 18.2 Å². The summed E-state index contributed by atoms with van der Waals surface area (Å²) in [7, 11) is 2.71. The lowest BCUT2D eigenvalue weighted by molar-refractivity contribution is -0.134. The number of imide groups is 2. The maximum absolute atomic E-state index is 12.2. The predicted molar refractivity (Wildman–Crippen MR) is 83.5 cm³/mol. The van der Waals surface area contributed by atoms with Gasteiger partial charge in [0.2, 0.25) is 0 Å². The highest BCUT2D eigenvalue weighted by Crippen LogP contribution is 2.30. The van der Waals surface area contributed by atoms with Gasteiger partial charge in [-0.25, -0.2) is 4.79 Å². The molecule has 3 rings (SSSR count). The van der Waals surface area contributed by atoms with Crippen LogP contribution in [0.25, 0.3) is 6.08 Å². The van der Waals surface area contributed by atoms with Crippen LogP contribution in [0.1, 0.15) is 12.5 Å². The van der Waals surface area contributed by atoms with Crippen molar-refractivity contribution in [1.82, 2.24) is 9.80 Å². The predicted octanol–water partition coefficient (Wildman–Crippen LogP) is 1.83. The summed E-state index contributed by atoms with van der Waals surface area (Å²) >= 11 is 0. The van der Waals surface area contributed by atoms with Crippen molar-refractivity contribution >= 4 is 23.9 Å². The van der Waals surface area contributed by atoms with E-state index in [2.05, 4.69) is 0 Å². The molecule has 6 heteroatoms. The second-order valence-electron chi connectivity index (χ2n) is 5.51. The number of hydrogen-bond acceptors (Lipinski definition) is 4. The molecule has 4 amide bonds. The first-order valence-corrected chi connectivity index (χ1v) is 7.19. The molecule has 0 bridgehead atoms. The number of nitrogens with zero attached hydrogens (tertiary/aromatic N) is 2. The quantitative estimate of drug-likeness (QED) is 0.586. The van der Waals surface area contributed by atoms with Crippen molar-refractivity contribution in [3.05, 3.63) is 47.1 Å². The van der Waals surface area contributed by atoms with Gasteiger partial charge in [-0.2, -0.15) is 0 Å². The Balaban J connectivity index is 2.04. The lowest BCUT2D eigenvalue weighted by atomic mass is 9.99. The van der Waals surface area contributed by atoms with E-state index in [0.717, 1.165) is 21.1 Å². The first-order chi connectivity index (χ1) is 10.9. The van der Waals surface area contributed by atoms with Crippen LogP contribution < -0.4 is 4.74 Å². The van der Waals surface area contributed by atoms with Crippen LogP contribution in [0.4, 0.5) is 4.79 Å². The van der Waals surface area contributed by atoms with E-state index in [9.17, 15) is 14.4 Å². The van der Waals surface area contributed by atoms with E-state index in [-0.39, 0.29) is 11.7 Å². The normalized spacial score (nSPS) is 21.0. The smallest absolute Gasteiger partial charge is 0.333 e. The summed E-state index contributed by atoms with van der Waals surface area (Å²) in [6, 6.07) is 6.89. The number of barbiturate groups is 1. The number of urea groups is 1. The van der Waals surface area contributed by atoms with Crippen molar-refractivity contribution in [1.29, 1.82) is 0 Å². The van der Waals surface area contributed by atoms with Crippen molar-refractivity contribution in [2.24, 2.45) is 0 Å². The van der Waals surface area contributed by atoms with Gasteiger partial charge in [-0.05, 0) is 30.7 Å². The summed E-state index contributed by atoms with van der Waals surface area (Å²) in [5, 5.41) is 0. The third kappa shape index (κ3) is 2.42. The molecule has 0 saturated carbocycles. The summed E-state index contributed by atoms with van der Waals surface area (Å²) in [6.45, 7) is 1.84. The third-order valence-corrected chi connectivity index (χ3v) is 3.97. The zero-order valence-corrected chi connectivity index (χ0v) is 13.1. The van der Waals surface area contributed by atoms with Crippen LogP contribution in [0.2, 0.25) is 0 Å². The van der Waals surface area contributed by atoms with Crippen LogP contribution in [0.15, 0.2) is 41.5 Å². The van der Waals surface area contributed by atoms with Crippen molar-refractivity contribution in [2.45, 2.75) is 13.0 Å². The van der Waals surface area contributed by atoms with Crippen molar-refractivity contribution < 1.29 is 19.1 Å². The molecule has 0 aromatic heterocycles. The summed E-state index contributed by atoms with van der Waals surface area (Å²) < 4.78 is 5.80. The Bertz CT molecular complexity index is 753. The molecule has 1 aromatic rings. The van der Waals surface area contributed by atoms with Crippen LogP contribution in [-0.4, -0.2) is 47.8 Å². The molecule has 1 saturated heterocycles. The molecule has 2 aliphatic heterocycles. The number of fused-ring (bicyclic) bond motifs is 1. The van der Waals surface area contributed by atoms with Gasteiger partial charge in [-0.15, -0.1) is 0 Å². The van der Waals surface area contributed by atoms with E-state index in [0.29, 0.717) is 5.57 Å². The fourth-order valence-corrected chi connectivity index (χ4v) is 2.56. The lowest BCUT2D eigenvalue weighted by Gasteiger charge is -2.30. The molecule has 0 spiro atoms. The third-order valence-electron chi connectivity index (χ3n) is 3.97. The largest absolute Gasteiger partial charge is 0.485 e. The van der Waals surface area contributed by atoms with Gasteiger partial charge in [0.1, 0.15) is 17.4 Å². The average molecular weight is 312 g/mol. The van der Waals surface area contributed by atoms with E-state index < -0.39 is 17.8 Å². The van der Waals surface area contributed by atoms with Crippen LogP contribution in [0.3, 0.4) is 0 Å². The number of likely N-dealkylation sites (N-methyl/N-ethyl adjacent to an activating group) is 2. The van der Waals surface area contributed by atoms with Gasteiger partial charge in [0.25, 0.3) is 11.8 Å². The Labute approximate surface area is 133 Å². The first-order valence-electron chi connectivity index (χ1n) is 7.19. The molecule has 23 heavy (non-hydrogen) atoms. The van der Waals surface area contributed by atoms with Gasteiger partial charge in [0, 0.05) is 19.7 Å². The second kappa shape index (κ2) is 5.39. The van der Waals surface area contributed by atoms with Crippen molar-refractivity contribution in [3.63, 3.8) is 0 Å². The van der Waals surface area contributed by atoms with E-state index in [1.54, 1.807) is 0 Å². The van der Waals surface area contributed by atoms with Gasteiger partial charge >= 0.3 is 6.03 Å². The van der Waals surface area contributed by atoms with E-state index in [4.69, 9.17) is 4.74 Å². The summed E-state index contributed by atoms with van der Waals surface area (Å²) in [6.07, 6.45) is 3.09. The standard InChI is InChI=1S/C17H16N2O4/c1-10-12(8-11-6-4-5-7-14(11)23-10)9-13-15(20)18(2)17(22)19(3)16(13)21/h4-10H,1-3H3. The molecular formula is C17H16N2O4. The van der Waals surface area contributed by atoms with E-state index >= 15 is 0 Å². The van der Waals surface area contributed by atoms with Gasteiger partial charge in [-0.3, -0.25) is 19.4 Å². The number of carbonyl (C=O) groups is 3. The molecule has 1 aromatic carbocycles. The van der Waals surface area contributed by atoms with Crippen LogP contribution >= 0.6 is 0 Å². The van der Waals surface area contributed by atoms with Gasteiger partial charge in [0.15, 0.2) is 0 Å². The monoisotopic (exact) mass is 312 g/mol. The number of amides is 4. The Morgan fingerprint density at radius 2 is 1.65 bits per heavy atom. The lowest BCUT2D eigenvalue weighted by Crippen LogP contribution is -2.53. The zero-order chi connectivity index (χ0) is 16.7. The summed E-state index contributed by atoms with van der Waals surface area (Å²) in [5.41, 5.74) is 1.54. The van der Waals surface area contributed by atoms with E-state index in [1.807, 2.05) is 37.3 Å². The maximum atomic E-state index is 12.2. The fourth-order valence-electron chi connectivity index (χ4n) is 2.56. The molecule has 0 radical (unpaired) electrons. The Hall–Kier alpha value is -2.89. The van der Waals surface area contributed by atoms with E-state index in [1.165, 1.54) is 20.2 Å². The molecule has 2 heterocycles. The number of benzene rings is 1. The second-order valence-corrected chi connectivity index (χ2v) is 5.51. The topological polar surface area (TPSA) is 66.9 Å². The molecule has 118 valence electrons. The molecule has 1 atom stereocenters. The highest BCUT2D eigenvalue weighted by Gasteiger charge is 2.38. The molecule has 0 aliphatic carbocycles.